The van der Waals surface area contributed by atoms with E-state index in [-0.39, 0.29) is 47.5 Å². The Morgan fingerprint density at radius 3 is 2.92 bits per heavy atom. The minimum absolute atomic E-state index is 0. The molecule has 7 heteroatoms. The van der Waals surface area contributed by atoms with Crippen LogP contribution in [0.25, 0.3) is 0 Å². The molecule has 0 saturated carbocycles. The summed E-state index contributed by atoms with van der Waals surface area (Å²) >= 11 is 0. The number of nitrogens with zero attached hydrogens (tertiary/aromatic N) is 3. The van der Waals surface area contributed by atoms with E-state index in [1.807, 2.05) is 0 Å². The van der Waals surface area contributed by atoms with Crippen LogP contribution in [0, 0.1) is 10.1 Å². The van der Waals surface area contributed by atoms with Crippen molar-refractivity contribution in [3.05, 3.63) is 10.1 Å². The zero-order chi connectivity index (χ0) is 8.27. The Kier molecular flexibility index (Phi) is 5.98. The third kappa shape index (κ3) is 2.65. The van der Waals surface area contributed by atoms with Gasteiger partial charge < -0.3 is 10.3 Å². The summed E-state index contributed by atoms with van der Waals surface area (Å²) in [5.74, 6) is 0. The first-order valence-corrected chi connectivity index (χ1v) is 3.47. The number of hydrogen-bond acceptors (Lipinski definition) is 5. The quantitative estimate of drug-likeness (QED) is 0.284. The fraction of sp³-hybridized carbons (Fsp3) is 1.00. The predicted octanol–water partition coefficient (Wildman–Crippen LogP) is -3.16. The van der Waals surface area contributed by atoms with Crippen LogP contribution in [0.3, 0.4) is 0 Å². The molecule has 0 aromatic rings. The predicted molar refractivity (Wildman–Crippen MR) is 37.8 cm³/mol. The first-order valence-electron chi connectivity index (χ1n) is 3.47. The Morgan fingerprint density at radius 2 is 2.42 bits per heavy atom. The second-order valence-corrected chi connectivity index (χ2v) is 2.48. The molecule has 0 radical (unpaired) electrons. The monoisotopic (exact) mass is 183 g/mol. The normalized spacial score (nSPS) is 23.3. The number of hydrazine groups is 1. The van der Waals surface area contributed by atoms with Crippen LogP contribution >= 0.6 is 0 Å². The second kappa shape index (κ2) is 5.85. The maximum atomic E-state index is 10.6. The molecular weight excluding hydrogens is 173 g/mol. The SMILES string of the molecule is O=NN([O-])N1CCC[C@H]1CO.[Na+]. The number of aliphatic hydroxyl groups excluding tert-OH is 1. The fourth-order valence-electron chi connectivity index (χ4n) is 1.28. The Labute approximate surface area is 92.3 Å². The minimum atomic E-state index is -0.231. The maximum Gasteiger partial charge on any atom is 1.00 e. The van der Waals surface area contributed by atoms with Crippen LogP contribution in [0.2, 0.25) is 0 Å². The molecule has 1 aliphatic heterocycles. The topological polar surface area (TPSA) is 79.2 Å². The summed E-state index contributed by atoms with van der Waals surface area (Å²) in [5.41, 5.74) is 0. The summed E-state index contributed by atoms with van der Waals surface area (Å²) in [5, 5.41) is 22.8. The summed E-state index contributed by atoms with van der Waals surface area (Å²) in [7, 11) is 0. The smallest absolute Gasteiger partial charge is 0.724 e. The minimum Gasteiger partial charge on any atom is -0.724 e. The molecule has 1 atom stereocenters. The van der Waals surface area contributed by atoms with Crippen molar-refractivity contribution in [3.8, 4) is 0 Å². The van der Waals surface area contributed by atoms with Gasteiger partial charge in [-0.05, 0) is 12.8 Å². The standard InChI is InChI=1S/C5H10N3O3.Na/c9-4-5-2-1-3-7(5)8(11)6-10;/h5,9H,1-4H2;/q-1;+1/t5-;/m0./s1. The van der Waals surface area contributed by atoms with E-state index in [9.17, 15) is 10.1 Å². The van der Waals surface area contributed by atoms with Crippen molar-refractivity contribution < 1.29 is 34.7 Å². The Balaban J connectivity index is 0.00000121. The molecule has 0 aromatic carbocycles. The van der Waals surface area contributed by atoms with Crippen LogP contribution in [-0.2, 0) is 0 Å². The van der Waals surface area contributed by atoms with E-state index in [1.165, 1.54) is 5.01 Å². The molecule has 0 unspecified atom stereocenters. The van der Waals surface area contributed by atoms with E-state index < -0.39 is 0 Å². The number of nitroso groups, excluding NO2 is 1. The van der Waals surface area contributed by atoms with Crippen molar-refractivity contribution in [3.63, 3.8) is 0 Å². The molecule has 12 heavy (non-hydrogen) atoms. The van der Waals surface area contributed by atoms with Crippen LogP contribution in [0.1, 0.15) is 12.8 Å². The van der Waals surface area contributed by atoms with Crippen LogP contribution < -0.4 is 29.6 Å². The van der Waals surface area contributed by atoms with Crippen molar-refractivity contribution in [2.24, 2.45) is 5.29 Å². The third-order valence-corrected chi connectivity index (χ3v) is 1.85. The van der Waals surface area contributed by atoms with Gasteiger partial charge in [-0.25, -0.2) is 5.01 Å². The van der Waals surface area contributed by atoms with Crippen LogP contribution in [0.15, 0.2) is 5.29 Å². The second-order valence-electron chi connectivity index (χ2n) is 2.48. The van der Waals surface area contributed by atoms with Crippen molar-refractivity contribution in [2.45, 2.75) is 18.9 Å². The third-order valence-electron chi connectivity index (χ3n) is 1.85. The van der Waals surface area contributed by atoms with Gasteiger partial charge in [0.15, 0.2) is 0 Å². The Bertz CT molecular complexity index is 148. The van der Waals surface area contributed by atoms with Gasteiger partial charge >= 0.3 is 29.6 Å². The zero-order valence-electron chi connectivity index (χ0n) is 7.01. The molecule has 1 saturated heterocycles. The van der Waals surface area contributed by atoms with E-state index in [2.05, 4.69) is 5.29 Å². The average Bonchev–Trinajstić information content (AvgIpc) is 2.50. The van der Waals surface area contributed by atoms with Crippen LogP contribution in [0.5, 0.6) is 0 Å². The summed E-state index contributed by atoms with van der Waals surface area (Å²) in [4.78, 5) is 9.79. The average molecular weight is 183 g/mol. The van der Waals surface area contributed by atoms with E-state index >= 15 is 0 Å². The van der Waals surface area contributed by atoms with Crippen molar-refractivity contribution in [1.82, 2.24) is 10.3 Å². The summed E-state index contributed by atoms with van der Waals surface area (Å²) in [6.45, 7) is 0.398. The summed E-state index contributed by atoms with van der Waals surface area (Å²) in [6.07, 6.45) is 1.56. The Hall–Kier alpha value is 0.280. The zero-order valence-corrected chi connectivity index (χ0v) is 9.01. The van der Waals surface area contributed by atoms with Gasteiger partial charge in [0.1, 0.15) is 0 Å². The fourth-order valence-corrected chi connectivity index (χ4v) is 1.28. The maximum absolute atomic E-state index is 10.6. The molecule has 0 aromatic heterocycles. The molecule has 64 valence electrons. The van der Waals surface area contributed by atoms with E-state index in [0.717, 1.165) is 12.8 Å². The first-order chi connectivity index (χ1) is 5.29. The molecule has 6 nitrogen and oxygen atoms in total. The van der Waals surface area contributed by atoms with Gasteiger partial charge in [-0.1, -0.05) is 0 Å². The molecule has 1 rings (SSSR count). The molecule has 1 N–H and O–H groups in total. The van der Waals surface area contributed by atoms with Gasteiger partial charge in [0.05, 0.1) is 17.9 Å². The van der Waals surface area contributed by atoms with E-state index in [4.69, 9.17) is 5.11 Å². The van der Waals surface area contributed by atoms with Crippen LogP contribution in [-0.4, -0.2) is 34.6 Å². The molecule has 0 spiro atoms. The van der Waals surface area contributed by atoms with Crippen molar-refractivity contribution in [1.29, 1.82) is 0 Å². The van der Waals surface area contributed by atoms with Gasteiger partial charge in [0.25, 0.3) is 0 Å². The Morgan fingerprint density at radius 1 is 1.75 bits per heavy atom. The van der Waals surface area contributed by atoms with Gasteiger partial charge in [0.2, 0.25) is 0 Å². The van der Waals surface area contributed by atoms with Crippen LogP contribution in [0.4, 0.5) is 0 Å². The van der Waals surface area contributed by atoms with E-state index in [0.29, 0.717) is 6.54 Å². The summed E-state index contributed by atoms with van der Waals surface area (Å²) < 4.78 is 0. The summed E-state index contributed by atoms with van der Waals surface area (Å²) in [6, 6.07) is -0.231. The van der Waals surface area contributed by atoms with Crippen molar-refractivity contribution >= 4 is 0 Å². The van der Waals surface area contributed by atoms with Gasteiger partial charge in [0, 0.05) is 6.54 Å². The first kappa shape index (κ1) is 12.3. The largest absolute Gasteiger partial charge is 1.00 e. The van der Waals surface area contributed by atoms with E-state index in [1.54, 1.807) is 0 Å². The van der Waals surface area contributed by atoms with Gasteiger partial charge in [-0.3, -0.25) is 5.28 Å². The van der Waals surface area contributed by atoms with Gasteiger partial charge in [-0.15, -0.1) is 4.91 Å². The number of hydrogen-bond donors (Lipinski definition) is 1. The van der Waals surface area contributed by atoms with Crippen molar-refractivity contribution in [2.75, 3.05) is 13.2 Å². The molecule has 1 heterocycles. The molecular formula is C5H10N3NaO3. The number of aliphatic hydroxyl groups is 1. The van der Waals surface area contributed by atoms with Gasteiger partial charge in [-0.2, -0.15) is 0 Å². The molecule has 0 amide bonds. The molecule has 0 aliphatic carbocycles. The number of rotatable bonds is 3. The molecule has 0 bridgehead atoms. The molecule has 1 fully saturated rings. The molecule has 1 aliphatic rings.